The van der Waals surface area contributed by atoms with Gasteiger partial charge in [0, 0.05) is 0 Å². The van der Waals surface area contributed by atoms with Crippen molar-refractivity contribution in [3.8, 4) is 11.1 Å². The average Bonchev–Trinajstić information content (AvgIpc) is 3.75. The predicted octanol–water partition coefficient (Wildman–Crippen LogP) is 5.60. The molecule has 0 nitrogen and oxygen atoms in total. The van der Waals surface area contributed by atoms with Crippen LogP contribution in [0, 0.1) is 11.3 Å². The maximum absolute atomic E-state index is 2.79. The number of benzene rings is 4. The first-order chi connectivity index (χ1) is 22.3. The van der Waals surface area contributed by atoms with Crippen LogP contribution in [0.25, 0.3) is 23.3 Å². The van der Waals surface area contributed by atoms with Crippen molar-refractivity contribution < 1.29 is 46.1 Å². The summed E-state index contributed by atoms with van der Waals surface area (Å²) in [6.45, 7) is 19.3. The van der Waals surface area contributed by atoms with Crippen molar-refractivity contribution in [3.63, 3.8) is 0 Å². The summed E-state index contributed by atoms with van der Waals surface area (Å²) in [5.41, 5.74) is 16.2. The summed E-state index contributed by atoms with van der Waals surface area (Å²) in [7, 11) is 0. The summed E-state index contributed by atoms with van der Waals surface area (Å²) in [4.78, 5) is 0. The van der Waals surface area contributed by atoms with Gasteiger partial charge in [-0.05, 0) is 0 Å². The van der Waals surface area contributed by atoms with Gasteiger partial charge in [0.05, 0.1) is 0 Å². The van der Waals surface area contributed by atoms with E-state index in [0.717, 1.165) is 6.42 Å². The first kappa shape index (κ1) is 36.0. The van der Waals surface area contributed by atoms with E-state index in [4.69, 9.17) is 0 Å². The Morgan fingerprint density at radius 1 is 0.714 bits per heavy atom. The maximum atomic E-state index is 2.66. The van der Waals surface area contributed by atoms with Crippen molar-refractivity contribution in [3.05, 3.63) is 160 Å². The molecule has 0 N–H and O–H groups in total. The van der Waals surface area contributed by atoms with Crippen molar-refractivity contribution in [2.75, 3.05) is 0 Å². The molecule has 0 aliphatic heterocycles. The van der Waals surface area contributed by atoms with Crippen LogP contribution in [-0.4, -0.2) is 3.21 Å². The molecule has 1 unspecified atom stereocenters. The third kappa shape index (κ3) is 5.93. The minimum atomic E-state index is -2.79. The van der Waals surface area contributed by atoms with Gasteiger partial charge in [-0.25, -0.2) is 0 Å². The van der Waals surface area contributed by atoms with Gasteiger partial charge in [-0.15, -0.1) is 0 Å². The van der Waals surface area contributed by atoms with Crippen molar-refractivity contribution in [2.24, 2.45) is 11.3 Å². The summed E-state index contributed by atoms with van der Waals surface area (Å²) >= 11 is -2.79. The van der Waals surface area contributed by atoms with Crippen LogP contribution in [0.2, 0.25) is 0 Å². The Hall–Kier alpha value is -2.83. The minimum Gasteiger partial charge on any atom is -1.00 e. The fourth-order valence-electron chi connectivity index (χ4n) is 8.50. The Morgan fingerprint density at radius 3 is 1.82 bits per heavy atom. The number of hydrogen-bond donors (Lipinski definition) is 0. The summed E-state index contributed by atoms with van der Waals surface area (Å²) in [5.74, 6) is 0.442. The molecule has 0 fully saturated rings. The van der Waals surface area contributed by atoms with Gasteiger partial charge >= 0.3 is 292 Å². The molecular formula is C46H46Cl2Zr. The van der Waals surface area contributed by atoms with Gasteiger partial charge in [0.1, 0.15) is 0 Å². The van der Waals surface area contributed by atoms with E-state index < -0.39 is 21.3 Å². The fourth-order valence-corrected chi connectivity index (χ4v) is 17.5. The molecule has 0 bridgehead atoms. The molecule has 4 aromatic rings. The van der Waals surface area contributed by atoms with E-state index in [1.54, 1.807) is 9.77 Å². The van der Waals surface area contributed by atoms with Gasteiger partial charge in [0.2, 0.25) is 0 Å². The molecular weight excluding hydrogens is 715 g/mol. The second kappa shape index (κ2) is 12.7. The second-order valence-electron chi connectivity index (χ2n) is 16.4. The van der Waals surface area contributed by atoms with Crippen molar-refractivity contribution >= 4 is 15.4 Å². The third-order valence-corrected chi connectivity index (χ3v) is 20.0. The molecule has 8 rings (SSSR count). The molecule has 4 aromatic carbocycles. The van der Waals surface area contributed by atoms with Crippen LogP contribution >= 0.6 is 0 Å². The van der Waals surface area contributed by atoms with E-state index in [9.17, 15) is 0 Å². The minimum absolute atomic E-state index is 0. The van der Waals surface area contributed by atoms with E-state index in [1.165, 1.54) is 61.2 Å². The molecule has 1 atom stereocenters. The molecule has 0 saturated carbocycles. The normalized spacial score (nSPS) is 18.4. The van der Waals surface area contributed by atoms with Crippen LogP contribution in [0.4, 0.5) is 0 Å². The van der Waals surface area contributed by atoms with E-state index >= 15 is 0 Å². The molecule has 0 radical (unpaired) electrons. The molecule has 49 heavy (non-hydrogen) atoms. The number of hydrogen-bond acceptors (Lipinski definition) is 0. The Morgan fingerprint density at radius 2 is 1.27 bits per heavy atom. The summed E-state index contributed by atoms with van der Waals surface area (Å²) in [5, 5.41) is 0. The molecule has 0 heterocycles. The smallest absolute Gasteiger partial charge is 1.00 e. The van der Waals surface area contributed by atoms with E-state index in [0.29, 0.717) is 5.92 Å². The van der Waals surface area contributed by atoms with Gasteiger partial charge < -0.3 is 24.8 Å². The van der Waals surface area contributed by atoms with Gasteiger partial charge in [-0.3, -0.25) is 0 Å². The summed E-state index contributed by atoms with van der Waals surface area (Å²) in [6, 6.07) is 32.8. The van der Waals surface area contributed by atoms with Gasteiger partial charge in [0.25, 0.3) is 0 Å². The number of allylic oxidation sites excluding steroid dienone is 6. The van der Waals surface area contributed by atoms with Crippen LogP contribution < -0.4 is 24.8 Å². The second-order valence-corrected chi connectivity index (χ2v) is 22.2. The monoisotopic (exact) mass is 758 g/mol. The zero-order valence-corrected chi connectivity index (χ0v) is 34.0. The molecule has 3 heteroatoms. The zero-order valence-electron chi connectivity index (χ0n) is 30.0. The van der Waals surface area contributed by atoms with Crippen LogP contribution in [-0.2, 0) is 38.5 Å². The van der Waals surface area contributed by atoms with Crippen molar-refractivity contribution in [1.29, 1.82) is 0 Å². The largest absolute Gasteiger partial charge is 1.00 e. The van der Waals surface area contributed by atoms with E-state index in [1.807, 2.05) is 0 Å². The number of fused-ring (bicyclic) bond motifs is 5. The first-order valence-electron chi connectivity index (χ1n) is 17.4. The molecule has 4 aliphatic carbocycles. The maximum Gasteiger partial charge on any atom is -1.00 e. The van der Waals surface area contributed by atoms with Gasteiger partial charge in [-0.1, -0.05) is 0 Å². The fraction of sp³-hybridized carbons (Fsp3) is 0.283. The van der Waals surface area contributed by atoms with Crippen LogP contribution in [0.15, 0.2) is 115 Å². The van der Waals surface area contributed by atoms with Crippen molar-refractivity contribution in [2.45, 2.75) is 72.6 Å². The third-order valence-electron chi connectivity index (χ3n) is 11.3. The zero-order chi connectivity index (χ0) is 32.9. The van der Waals surface area contributed by atoms with Gasteiger partial charge in [-0.2, -0.15) is 0 Å². The quantitative estimate of drug-likeness (QED) is 0.224. The summed E-state index contributed by atoms with van der Waals surface area (Å²) in [6.07, 6.45) is 13.6. The Bertz CT molecular complexity index is 2090. The number of rotatable bonds is 4. The van der Waals surface area contributed by atoms with Crippen LogP contribution in [0.5, 0.6) is 0 Å². The standard InChI is InChI=1S/C23H21.C13H10.C10H15.2ClH.Zr/c1-22(2)7-5-14-10-18-16(12-20(14)22)9-17-13-21-15(11-19(17)18)6-8-23(21,3)4;1-3-7-12(8-4-1)11-13-9-5-2-6-10-13;1-8-5-6-9(7-8)10(2,3)4;;;/h5-7,10-13H,9H2,1-4H3;1-10H;6-8H,1-4H3;2*1H;/q;;;;;+2/p-2. The SMILES string of the molecule is CC1C=C(C(C)(C)C)C=[C]1[Zr+2]([C]1=Cc2cc3c(cc2C1(C)C)Cc1cc2c(cc1-3)C=CC2(C)C)=[C](c1ccccc1)c1ccccc1.[Cl-].[Cl-]. The molecule has 0 spiro atoms. The molecule has 0 saturated heterocycles. The predicted molar refractivity (Wildman–Crippen MR) is 199 cm³/mol. The van der Waals surface area contributed by atoms with Gasteiger partial charge in [0.15, 0.2) is 0 Å². The van der Waals surface area contributed by atoms with E-state index in [2.05, 4.69) is 171 Å². The van der Waals surface area contributed by atoms with Crippen LogP contribution in [0.3, 0.4) is 0 Å². The Balaban J connectivity index is 0.00000208. The summed E-state index contributed by atoms with van der Waals surface area (Å²) < 4.78 is 5.00. The average molecular weight is 761 g/mol. The molecule has 4 aliphatic rings. The van der Waals surface area contributed by atoms with Crippen molar-refractivity contribution in [1.82, 2.24) is 0 Å². The molecule has 0 amide bonds. The molecule has 248 valence electrons. The Labute approximate surface area is 314 Å². The topological polar surface area (TPSA) is 0 Å². The van der Waals surface area contributed by atoms with Crippen LogP contribution in [0.1, 0.15) is 99.9 Å². The first-order valence-corrected chi connectivity index (χ1v) is 21.1. The molecule has 0 aromatic heterocycles. The number of halogens is 2. The van der Waals surface area contributed by atoms with E-state index in [-0.39, 0.29) is 41.1 Å². The Kier molecular flexibility index (Phi) is 9.36.